The van der Waals surface area contributed by atoms with Crippen LogP contribution in [0.3, 0.4) is 0 Å². The molecule has 0 saturated carbocycles. The molecule has 1 heterocycles. The van der Waals surface area contributed by atoms with Gasteiger partial charge in [-0.2, -0.15) is 0 Å². The molecule has 5 rings (SSSR count). The number of hydrogen-bond donors (Lipinski definition) is 0. The number of fused-ring (bicyclic) bond motifs is 3. The lowest BCUT2D eigenvalue weighted by Crippen LogP contribution is -2.16. The van der Waals surface area contributed by atoms with Crippen molar-refractivity contribution in [2.75, 3.05) is 0 Å². The summed E-state index contributed by atoms with van der Waals surface area (Å²) in [7, 11) is 0. The molecule has 1 heteroatoms. The molecule has 0 aliphatic heterocycles. The van der Waals surface area contributed by atoms with Crippen molar-refractivity contribution in [1.82, 2.24) is 4.98 Å². The molecule has 130 valence electrons. The maximum absolute atomic E-state index is 4.74. The van der Waals surface area contributed by atoms with Gasteiger partial charge in [0.2, 0.25) is 0 Å². The summed E-state index contributed by atoms with van der Waals surface area (Å²) in [4.78, 5) is 4.74. The fourth-order valence-electron chi connectivity index (χ4n) is 4.45. The van der Waals surface area contributed by atoms with Crippen molar-refractivity contribution in [2.45, 2.75) is 19.3 Å². The highest BCUT2D eigenvalue weighted by Gasteiger charge is 2.37. The lowest BCUT2D eigenvalue weighted by molar-refractivity contribution is 0.662. The molecule has 0 bridgehead atoms. The van der Waals surface area contributed by atoms with E-state index < -0.39 is 0 Å². The van der Waals surface area contributed by atoms with Gasteiger partial charge in [-0.05, 0) is 45.5 Å². The van der Waals surface area contributed by atoms with E-state index in [1.54, 1.807) is 0 Å². The van der Waals surface area contributed by atoms with E-state index >= 15 is 0 Å². The second-order valence-corrected chi connectivity index (χ2v) is 7.69. The molecule has 0 atom stereocenters. The van der Waals surface area contributed by atoms with E-state index in [0.29, 0.717) is 0 Å². The Balaban J connectivity index is 1.72. The fourth-order valence-corrected chi connectivity index (χ4v) is 4.45. The highest BCUT2D eigenvalue weighted by atomic mass is 14.7. The Morgan fingerprint density at radius 3 is 2.19 bits per heavy atom. The molecule has 0 amide bonds. The van der Waals surface area contributed by atoms with Gasteiger partial charge in [-0.25, -0.2) is 0 Å². The summed E-state index contributed by atoms with van der Waals surface area (Å²) in [5.74, 6) is 0. The lowest BCUT2D eigenvalue weighted by Gasteiger charge is -2.24. The molecule has 1 aliphatic carbocycles. The first-order chi connectivity index (χ1) is 13.2. The van der Waals surface area contributed by atoms with Crippen LogP contribution >= 0.6 is 0 Å². The summed E-state index contributed by atoms with van der Waals surface area (Å²) < 4.78 is 0. The summed E-state index contributed by atoms with van der Waals surface area (Å²) in [6.07, 6.45) is 1.92. The summed E-state index contributed by atoms with van der Waals surface area (Å²) in [5, 5.41) is 0. The first-order valence-electron chi connectivity index (χ1n) is 9.41. The smallest absolute Gasteiger partial charge is 0.0711 e. The van der Waals surface area contributed by atoms with E-state index in [1.807, 2.05) is 6.20 Å². The maximum atomic E-state index is 4.74. The Labute approximate surface area is 160 Å². The average Bonchev–Trinajstić information content (AvgIpc) is 2.97. The van der Waals surface area contributed by atoms with E-state index in [2.05, 4.69) is 98.8 Å². The van der Waals surface area contributed by atoms with Crippen LogP contribution in [-0.4, -0.2) is 4.98 Å². The van der Waals surface area contributed by atoms with Crippen LogP contribution in [0, 0.1) is 0 Å². The largest absolute Gasteiger partial charge is 0.256 e. The molecule has 0 N–H and O–H groups in total. The van der Waals surface area contributed by atoms with Crippen molar-refractivity contribution in [3.05, 3.63) is 102 Å². The summed E-state index contributed by atoms with van der Waals surface area (Å²) in [6, 6.07) is 30.2. The van der Waals surface area contributed by atoms with Gasteiger partial charge in [0.15, 0.2) is 0 Å². The summed E-state index contributed by atoms with van der Waals surface area (Å²) in [6.45, 7) is 4.64. The fraction of sp³-hybridized carbons (Fsp3) is 0.115. The van der Waals surface area contributed by atoms with E-state index in [1.165, 1.54) is 38.9 Å². The van der Waals surface area contributed by atoms with Crippen molar-refractivity contribution < 1.29 is 0 Å². The molecule has 1 nitrogen and oxygen atoms in total. The van der Waals surface area contributed by atoms with Gasteiger partial charge in [-0.3, -0.25) is 4.98 Å². The second kappa shape index (κ2) is 5.92. The molecule has 0 radical (unpaired) electrons. The first kappa shape index (κ1) is 16.0. The van der Waals surface area contributed by atoms with Crippen LogP contribution in [0.15, 0.2) is 91.1 Å². The monoisotopic (exact) mass is 347 g/mol. The third-order valence-electron chi connectivity index (χ3n) is 5.72. The highest BCUT2D eigenvalue weighted by molar-refractivity contribution is 5.88. The topological polar surface area (TPSA) is 12.9 Å². The van der Waals surface area contributed by atoms with Crippen molar-refractivity contribution in [3.8, 4) is 33.5 Å². The predicted octanol–water partition coefficient (Wildman–Crippen LogP) is 6.72. The molecule has 27 heavy (non-hydrogen) atoms. The Kier molecular flexibility index (Phi) is 3.51. The normalized spacial score (nSPS) is 13.9. The van der Waals surface area contributed by atoms with Crippen LogP contribution in [0.1, 0.15) is 25.0 Å². The van der Waals surface area contributed by atoms with E-state index in [4.69, 9.17) is 4.98 Å². The number of pyridine rings is 1. The minimum atomic E-state index is -0.0348. The van der Waals surface area contributed by atoms with Gasteiger partial charge in [0.1, 0.15) is 0 Å². The first-order valence-corrected chi connectivity index (χ1v) is 9.41. The van der Waals surface area contributed by atoms with Crippen LogP contribution in [0.25, 0.3) is 33.5 Å². The predicted molar refractivity (Wildman–Crippen MR) is 113 cm³/mol. The third kappa shape index (κ3) is 2.43. The van der Waals surface area contributed by atoms with Gasteiger partial charge in [-0.1, -0.05) is 86.6 Å². The number of rotatable bonds is 2. The van der Waals surface area contributed by atoms with Crippen molar-refractivity contribution in [2.24, 2.45) is 0 Å². The molecular formula is C26H21N. The Morgan fingerprint density at radius 1 is 0.630 bits per heavy atom. The van der Waals surface area contributed by atoms with Crippen molar-refractivity contribution in [3.63, 3.8) is 0 Å². The molecule has 0 fully saturated rings. The van der Waals surface area contributed by atoms with Gasteiger partial charge < -0.3 is 0 Å². The highest BCUT2D eigenvalue weighted by Crippen LogP contribution is 2.51. The van der Waals surface area contributed by atoms with E-state index in [0.717, 1.165) is 5.69 Å². The lowest BCUT2D eigenvalue weighted by atomic mass is 9.79. The molecular weight excluding hydrogens is 326 g/mol. The second-order valence-electron chi connectivity index (χ2n) is 7.69. The molecule has 0 unspecified atom stereocenters. The number of hydrogen-bond acceptors (Lipinski definition) is 1. The van der Waals surface area contributed by atoms with Crippen LogP contribution < -0.4 is 0 Å². The molecule has 1 aliphatic rings. The number of nitrogens with zero attached hydrogens (tertiary/aromatic N) is 1. The van der Waals surface area contributed by atoms with Gasteiger partial charge >= 0.3 is 0 Å². The van der Waals surface area contributed by atoms with Gasteiger partial charge in [-0.15, -0.1) is 0 Å². The van der Waals surface area contributed by atoms with Crippen molar-refractivity contribution >= 4 is 0 Å². The quantitative estimate of drug-likeness (QED) is 0.392. The zero-order chi connectivity index (χ0) is 18.4. The maximum Gasteiger partial charge on any atom is 0.0711 e. The number of aromatic nitrogens is 1. The third-order valence-corrected chi connectivity index (χ3v) is 5.72. The SMILES string of the molecule is CC1(C)c2ccccc2-c2cccc(-c3cc(-c4ccccc4)ccn3)c21. The van der Waals surface area contributed by atoms with E-state index in [9.17, 15) is 0 Å². The summed E-state index contributed by atoms with van der Waals surface area (Å²) >= 11 is 0. The van der Waals surface area contributed by atoms with Gasteiger partial charge in [0, 0.05) is 17.2 Å². The minimum Gasteiger partial charge on any atom is -0.256 e. The molecule has 4 aromatic rings. The van der Waals surface area contributed by atoms with Crippen LogP contribution in [-0.2, 0) is 5.41 Å². The zero-order valence-electron chi connectivity index (χ0n) is 15.6. The standard InChI is InChI=1S/C26H21N/c1-26(2)23-14-7-6-11-20(23)21-12-8-13-22(25(21)26)24-17-19(15-16-27-24)18-9-4-3-5-10-18/h3-17H,1-2H3. The molecule has 1 aromatic heterocycles. The average molecular weight is 347 g/mol. The van der Waals surface area contributed by atoms with Gasteiger partial charge in [0.05, 0.1) is 5.69 Å². The minimum absolute atomic E-state index is 0.0348. The summed E-state index contributed by atoms with van der Waals surface area (Å²) in [5.41, 5.74) is 10.1. The van der Waals surface area contributed by atoms with Crippen LogP contribution in [0.5, 0.6) is 0 Å². The Hall–Kier alpha value is -3.19. The van der Waals surface area contributed by atoms with E-state index in [-0.39, 0.29) is 5.41 Å². The molecule has 3 aromatic carbocycles. The van der Waals surface area contributed by atoms with Crippen molar-refractivity contribution in [1.29, 1.82) is 0 Å². The number of benzene rings is 3. The van der Waals surface area contributed by atoms with Crippen LogP contribution in [0.4, 0.5) is 0 Å². The zero-order valence-corrected chi connectivity index (χ0v) is 15.6. The van der Waals surface area contributed by atoms with Crippen LogP contribution in [0.2, 0.25) is 0 Å². The Bertz CT molecular complexity index is 1140. The Morgan fingerprint density at radius 2 is 1.33 bits per heavy atom. The molecule has 0 saturated heterocycles. The van der Waals surface area contributed by atoms with Gasteiger partial charge in [0.25, 0.3) is 0 Å². The molecule has 0 spiro atoms.